The molecule has 72 valence electrons. The monoisotopic (exact) mass is 198 g/mol. The lowest BCUT2D eigenvalue weighted by Crippen LogP contribution is -2.34. The first kappa shape index (κ1) is 10.6. The van der Waals surface area contributed by atoms with Gasteiger partial charge in [-0.3, -0.25) is 4.90 Å². The van der Waals surface area contributed by atoms with Crippen LogP contribution in [0.2, 0.25) is 0 Å². The number of nitriles is 1. The first-order chi connectivity index (χ1) is 6.24. The largest absolute Gasteiger partial charge is 0.282 e. The molecule has 0 radical (unpaired) electrons. The van der Waals surface area contributed by atoms with Crippen molar-refractivity contribution < 1.29 is 0 Å². The third-order valence-electron chi connectivity index (χ3n) is 2.49. The Morgan fingerprint density at radius 1 is 1.54 bits per heavy atom. The van der Waals surface area contributed by atoms with Crippen LogP contribution in [0.4, 0.5) is 0 Å². The van der Waals surface area contributed by atoms with Gasteiger partial charge in [-0.25, -0.2) is 0 Å². The van der Waals surface area contributed by atoms with Crippen LogP contribution in [0.3, 0.4) is 0 Å². The first-order valence-corrected chi connectivity index (χ1v) is 5.06. The van der Waals surface area contributed by atoms with E-state index < -0.39 is 0 Å². The van der Waals surface area contributed by atoms with Gasteiger partial charge in [-0.2, -0.15) is 5.26 Å². The Hall–Kier alpha value is -0.520. The summed E-state index contributed by atoms with van der Waals surface area (Å²) < 4.78 is 0. The van der Waals surface area contributed by atoms with E-state index in [0.717, 1.165) is 0 Å². The molecule has 2 nitrogen and oxygen atoms in total. The van der Waals surface area contributed by atoms with Crippen LogP contribution in [0.15, 0.2) is 11.6 Å². The van der Waals surface area contributed by atoms with Gasteiger partial charge in [0, 0.05) is 17.6 Å². The fraction of sp³-hybridized carbons (Fsp3) is 0.700. The molecule has 0 heterocycles. The third-order valence-corrected chi connectivity index (χ3v) is 2.61. The average molecular weight is 199 g/mol. The van der Waals surface area contributed by atoms with Crippen LogP contribution < -0.4 is 0 Å². The number of halogens is 1. The summed E-state index contributed by atoms with van der Waals surface area (Å²) in [5.41, 5.74) is 0. The SMILES string of the molecule is C=C(Cl)CN(CC#N)C1CCCC1. The van der Waals surface area contributed by atoms with Gasteiger partial charge < -0.3 is 0 Å². The van der Waals surface area contributed by atoms with Gasteiger partial charge in [0.25, 0.3) is 0 Å². The van der Waals surface area contributed by atoms with E-state index in [2.05, 4.69) is 17.5 Å². The average Bonchev–Trinajstić information content (AvgIpc) is 2.54. The number of rotatable bonds is 4. The quantitative estimate of drug-likeness (QED) is 0.650. The fourth-order valence-corrected chi connectivity index (χ4v) is 2.05. The smallest absolute Gasteiger partial charge is 0.0871 e. The molecule has 0 aliphatic heterocycles. The molecule has 1 aliphatic rings. The Balaban J connectivity index is 2.45. The lowest BCUT2D eigenvalue weighted by Gasteiger charge is -2.25. The van der Waals surface area contributed by atoms with E-state index in [9.17, 15) is 0 Å². The molecule has 0 atom stereocenters. The summed E-state index contributed by atoms with van der Waals surface area (Å²) in [6, 6.07) is 2.73. The summed E-state index contributed by atoms with van der Waals surface area (Å²) in [4.78, 5) is 2.13. The second-order valence-electron chi connectivity index (χ2n) is 3.52. The molecule has 13 heavy (non-hydrogen) atoms. The zero-order chi connectivity index (χ0) is 9.68. The first-order valence-electron chi connectivity index (χ1n) is 4.68. The highest BCUT2D eigenvalue weighted by Crippen LogP contribution is 2.23. The second-order valence-corrected chi connectivity index (χ2v) is 4.05. The van der Waals surface area contributed by atoms with Gasteiger partial charge in [0.1, 0.15) is 0 Å². The molecule has 1 saturated carbocycles. The zero-order valence-corrected chi connectivity index (χ0v) is 8.56. The molecule has 0 saturated heterocycles. The Bertz CT molecular complexity index is 213. The molecule has 0 aromatic carbocycles. The Morgan fingerprint density at radius 3 is 2.62 bits per heavy atom. The van der Waals surface area contributed by atoms with E-state index >= 15 is 0 Å². The minimum absolute atomic E-state index is 0.469. The molecule has 1 rings (SSSR count). The van der Waals surface area contributed by atoms with Crippen LogP contribution >= 0.6 is 11.6 Å². The van der Waals surface area contributed by atoms with Crippen molar-refractivity contribution in [2.45, 2.75) is 31.7 Å². The van der Waals surface area contributed by atoms with Crippen molar-refractivity contribution in [2.24, 2.45) is 0 Å². The fourth-order valence-electron chi connectivity index (χ4n) is 1.89. The van der Waals surface area contributed by atoms with Crippen molar-refractivity contribution in [1.29, 1.82) is 5.26 Å². The van der Waals surface area contributed by atoms with Crippen LogP contribution in [0, 0.1) is 11.3 Å². The van der Waals surface area contributed by atoms with Gasteiger partial charge in [0.2, 0.25) is 0 Å². The van der Waals surface area contributed by atoms with Crippen molar-refractivity contribution in [1.82, 2.24) is 4.90 Å². The van der Waals surface area contributed by atoms with E-state index in [-0.39, 0.29) is 0 Å². The van der Waals surface area contributed by atoms with Gasteiger partial charge in [0.15, 0.2) is 0 Å². The van der Waals surface area contributed by atoms with Crippen molar-refractivity contribution in [3.63, 3.8) is 0 Å². The Morgan fingerprint density at radius 2 is 2.15 bits per heavy atom. The molecule has 1 fully saturated rings. The van der Waals surface area contributed by atoms with E-state index in [1.54, 1.807) is 0 Å². The zero-order valence-electron chi connectivity index (χ0n) is 7.80. The maximum atomic E-state index is 8.65. The summed E-state index contributed by atoms with van der Waals surface area (Å²) >= 11 is 5.74. The highest BCUT2D eigenvalue weighted by molar-refractivity contribution is 6.29. The minimum Gasteiger partial charge on any atom is -0.282 e. The summed E-state index contributed by atoms with van der Waals surface area (Å²) in [6.07, 6.45) is 4.96. The van der Waals surface area contributed by atoms with Crippen molar-refractivity contribution in [3.05, 3.63) is 11.6 Å². The molecule has 0 unspecified atom stereocenters. The second kappa shape index (κ2) is 5.26. The molecule has 0 N–H and O–H groups in total. The summed E-state index contributed by atoms with van der Waals surface area (Å²) in [7, 11) is 0. The lowest BCUT2D eigenvalue weighted by molar-refractivity contribution is 0.245. The Labute approximate surface area is 84.8 Å². The van der Waals surface area contributed by atoms with Crippen LogP contribution in [0.1, 0.15) is 25.7 Å². The van der Waals surface area contributed by atoms with Crippen LogP contribution in [-0.2, 0) is 0 Å². The van der Waals surface area contributed by atoms with Crippen molar-refractivity contribution in [2.75, 3.05) is 13.1 Å². The predicted octanol–water partition coefficient (Wildman–Crippen LogP) is 2.51. The van der Waals surface area contributed by atoms with E-state index in [1.165, 1.54) is 25.7 Å². The maximum Gasteiger partial charge on any atom is 0.0871 e. The molecule has 0 amide bonds. The van der Waals surface area contributed by atoms with Gasteiger partial charge in [-0.1, -0.05) is 31.0 Å². The predicted molar refractivity (Wildman–Crippen MR) is 54.4 cm³/mol. The van der Waals surface area contributed by atoms with E-state index in [1.807, 2.05) is 0 Å². The molecule has 0 aromatic heterocycles. The molecule has 0 bridgehead atoms. The van der Waals surface area contributed by atoms with Gasteiger partial charge in [0.05, 0.1) is 12.6 Å². The molecule has 0 spiro atoms. The van der Waals surface area contributed by atoms with Gasteiger partial charge >= 0.3 is 0 Å². The highest BCUT2D eigenvalue weighted by atomic mass is 35.5. The minimum atomic E-state index is 0.469. The van der Waals surface area contributed by atoms with Crippen LogP contribution in [0.25, 0.3) is 0 Å². The maximum absolute atomic E-state index is 8.65. The standard InChI is InChI=1S/C10H15ClN2/c1-9(11)8-13(7-6-12)10-4-2-3-5-10/h10H,1-5,7-8H2. The van der Waals surface area contributed by atoms with Crippen molar-refractivity contribution in [3.8, 4) is 6.07 Å². The lowest BCUT2D eigenvalue weighted by atomic mass is 10.2. The third kappa shape index (κ3) is 3.38. The molecule has 3 heteroatoms. The van der Waals surface area contributed by atoms with Gasteiger partial charge in [-0.05, 0) is 12.8 Å². The van der Waals surface area contributed by atoms with Crippen molar-refractivity contribution >= 4 is 11.6 Å². The highest BCUT2D eigenvalue weighted by Gasteiger charge is 2.22. The molecule has 0 aromatic rings. The van der Waals surface area contributed by atoms with E-state index in [0.29, 0.717) is 24.2 Å². The van der Waals surface area contributed by atoms with Crippen LogP contribution in [0.5, 0.6) is 0 Å². The molecular formula is C10H15ClN2. The van der Waals surface area contributed by atoms with E-state index in [4.69, 9.17) is 16.9 Å². The van der Waals surface area contributed by atoms with Gasteiger partial charge in [-0.15, -0.1) is 0 Å². The molecule has 1 aliphatic carbocycles. The molecular weight excluding hydrogens is 184 g/mol. The number of hydrogen-bond donors (Lipinski definition) is 0. The normalized spacial score (nSPS) is 17.6. The number of hydrogen-bond acceptors (Lipinski definition) is 2. The topological polar surface area (TPSA) is 27.0 Å². The summed E-state index contributed by atoms with van der Waals surface area (Å²) in [5.74, 6) is 0. The summed E-state index contributed by atoms with van der Waals surface area (Å²) in [5, 5.41) is 9.27. The Kier molecular flexibility index (Phi) is 4.27. The van der Waals surface area contributed by atoms with Crippen LogP contribution in [-0.4, -0.2) is 24.0 Å². The summed E-state index contributed by atoms with van der Waals surface area (Å²) in [6.45, 7) is 4.78. The number of nitrogens with zero attached hydrogens (tertiary/aromatic N) is 2.